The van der Waals surface area contributed by atoms with Gasteiger partial charge in [-0.2, -0.15) is 0 Å². The summed E-state index contributed by atoms with van der Waals surface area (Å²) in [6.07, 6.45) is 2.40. The third kappa shape index (κ3) is 2.74. The second kappa shape index (κ2) is 5.32. The Labute approximate surface area is 96.4 Å². The molecular weight excluding hydrogens is 202 g/mol. The molecule has 2 unspecified atom stereocenters. The van der Waals surface area contributed by atoms with E-state index in [4.69, 9.17) is 4.74 Å². The van der Waals surface area contributed by atoms with Crippen molar-refractivity contribution in [3.8, 4) is 5.75 Å². The molecule has 1 aromatic carbocycles. The van der Waals surface area contributed by atoms with Crippen molar-refractivity contribution < 1.29 is 9.84 Å². The van der Waals surface area contributed by atoms with Crippen LogP contribution >= 0.6 is 0 Å². The molecule has 1 heterocycles. The minimum atomic E-state index is 0.288. The van der Waals surface area contributed by atoms with Gasteiger partial charge in [-0.3, -0.25) is 0 Å². The highest BCUT2D eigenvalue weighted by Gasteiger charge is 2.24. The Kier molecular flexibility index (Phi) is 3.80. The van der Waals surface area contributed by atoms with Gasteiger partial charge in [-0.25, -0.2) is 0 Å². The molecule has 0 saturated carbocycles. The molecule has 1 aliphatic heterocycles. The highest BCUT2D eigenvalue weighted by atomic mass is 16.5. The Morgan fingerprint density at radius 3 is 3.12 bits per heavy atom. The van der Waals surface area contributed by atoms with Crippen LogP contribution in [0.2, 0.25) is 0 Å². The normalized spacial score (nSPS) is 25.6. The average molecular weight is 221 g/mol. The Bertz CT molecular complexity index is 340. The lowest BCUT2D eigenvalue weighted by Gasteiger charge is -2.31. The van der Waals surface area contributed by atoms with Gasteiger partial charge in [0.1, 0.15) is 5.75 Å². The average Bonchev–Trinajstić information content (AvgIpc) is 2.30. The number of hydrogen-bond acceptors (Lipinski definition) is 3. The number of nitrogens with one attached hydrogen (secondary N) is 1. The van der Waals surface area contributed by atoms with Gasteiger partial charge in [-0.1, -0.05) is 12.1 Å². The fraction of sp³-hybridized carbons (Fsp3) is 0.538. The van der Waals surface area contributed by atoms with Gasteiger partial charge >= 0.3 is 0 Å². The van der Waals surface area contributed by atoms with E-state index in [0.717, 1.165) is 25.9 Å². The quantitative estimate of drug-likeness (QED) is 0.814. The first kappa shape index (κ1) is 11.4. The van der Waals surface area contributed by atoms with Crippen LogP contribution in [0.15, 0.2) is 24.3 Å². The monoisotopic (exact) mass is 221 g/mol. The summed E-state index contributed by atoms with van der Waals surface area (Å²) < 4.78 is 5.48. The number of benzene rings is 1. The first-order chi connectivity index (χ1) is 7.79. The number of hydrogen-bond donors (Lipinski definition) is 2. The second-order valence-electron chi connectivity index (χ2n) is 4.40. The predicted molar refractivity (Wildman–Crippen MR) is 63.6 cm³/mol. The molecule has 0 radical (unpaired) electrons. The molecule has 0 bridgehead atoms. The number of rotatable bonds is 3. The second-order valence-corrected chi connectivity index (χ2v) is 4.40. The van der Waals surface area contributed by atoms with Crippen LogP contribution in [0.25, 0.3) is 0 Å². The summed E-state index contributed by atoms with van der Waals surface area (Å²) in [5.41, 5.74) is 1.19. The third-order valence-electron chi connectivity index (χ3n) is 3.27. The maximum atomic E-state index is 9.42. The van der Waals surface area contributed by atoms with Crippen molar-refractivity contribution in [3.05, 3.63) is 29.8 Å². The number of piperidine rings is 1. The largest absolute Gasteiger partial charge is 0.508 e. The van der Waals surface area contributed by atoms with E-state index in [2.05, 4.69) is 11.4 Å². The molecule has 2 N–H and O–H groups in total. The van der Waals surface area contributed by atoms with Gasteiger partial charge in [0.25, 0.3) is 0 Å². The molecule has 0 spiro atoms. The molecule has 3 heteroatoms. The smallest absolute Gasteiger partial charge is 0.115 e. The summed E-state index contributed by atoms with van der Waals surface area (Å²) >= 11 is 0. The van der Waals surface area contributed by atoms with E-state index in [1.165, 1.54) is 5.56 Å². The molecule has 2 atom stereocenters. The van der Waals surface area contributed by atoms with E-state index in [1.54, 1.807) is 13.2 Å². The minimum Gasteiger partial charge on any atom is -0.508 e. The molecule has 1 saturated heterocycles. The van der Waals surface area contributed by atoms with E-state index in [1.807, 2.05) is 12.1 Å². The van der Waals surface area contributed by atoms with Gasteiger partial charge in [-0.15, -0.1) is 0 Å². The number of phenols is 1. The maximum absolute atomic E-state index is 9.42. The van der Waals surface area contributed by atoms with Crippen LogP contribution in [0.1, 0.15) is 12.0 Å². The van der Waals surface area contributed by atoms with Gasteiger partial charge in [0.05, 0.1) is 6.10 Å². The van der Waals surface area contributed by atoms with Crippen molar-refractivity contribution >= 4 is 0 Å². The Morgan fingerprint density at radius 1 is 1.50 bits per heavy atom. The molecule has 0 amide bonds. The van der Waals surface area contributed by atoms with E-state index in [0.29, 0.717) is 11.7 Å². The van der Waals surface area contributed by atoms with Crippen molar-refractivity contribution in [3.63, 3.8) is 0 Å². The minimum absolute atomic E-state index is 0.288. The lowest BCUT2D eigenvalue weighted by atomic mass is 9.88. The summed E-state index contributed by atoms with van der Waals surface area (Å²) in [4.78, 5) is 0. The SMILES string of the molecule is COC1CNCCC1Cc1cccc(O)c1. The van der Waals surface area contributed by atoms with E-state index < -0.39 is 0 Å². The fourth-order valence-corrected chi connectivity index (χ4v) is 2.38. The Hall–Kier alpha value is -1.06. The number of methoxy groups -OCH3 is 1. The highest BCUT2D eigenvalue weighted by molar-refractivity contribution is 5.27. The van der Waals surface area contributed by atoms with Crippen LogP contribution in [-0.2, 0) is 11.2 Å². The molecule has 88 valence electrons. The van der Waals surface area contributed by atoms with Crippen LogP contribution in [0, 0.1) is 5.92 Å². The summed E-state index contributed by atoms with van der Waals surface area (Å²) in [5.74, 6) is 0.897. The molecule has 0 aromatic heterocycles. The van der Waals surface area contributed by atoms with Crippen LogP contribution in [0.5, 0.6) is 5.75 Å². The Morgan fingerprint density at radius 2 is 2.38 bits per heavy atom. The molecule has 16 heavy (non-hydrogen) atoms. The zero-order valence-corrected chi connectivity index (χ0v) is 9.65. The molecule has 0 aliphatic carbocycles. The van der Waals surface area contributed by atoms with E-state index in [9.17, 15) is 5.11 Å². The van der Waals surface area contributed by atoms with Gasteiger partial charge in [0.15, 0.2) is 0 Å². The summed E-state index contributed by atoms with van der Waals surface area (Å²) in [6.45, 7) is 1.99. The van der Waals surface area contributed by atoms with Crippen LogP contribution in [0.4, 0.5) is 0 Å². The van der Waals surface area contributed by atoms with Crippen molar-refractivity contribution in [2.24, 2.45) is 5.92 Å². The fourth-order valence-electron chi connectivity index (χ4n) is 2.38. The van der Waals surface area contributed by atoms with E-state index in [-0.39, 0.29) is 6.10 Å². The summed E-state index contributed by atoms with van der Waals surface area (Å²) in [5, 5.41) is 12.8. The van der Waals surface area contributed by atoms with Gasteiger partial charge in [-0.05, 0) is 43.0 Å². The summed E-state index contributed by atoms with van der Waals surface area (Å²) in [6, 6.07) is 7.51. The molecule has 1 fully saturated rings. The van der Waals surface area contributed by atoms with Crippen molar-refractivity contribution in [1.82, 2.24) is 5.32 Å². The maximum Gasteiger partial charge on any atom is 0.115 e. The number of aromatic hydroxyl groups is 1. The first-order valence-electron chi connectivity index (χ1n) is 5.81. The number of ether oxygens (including phenoxy) is 1. The zero-order chi connectivity index (χ0) is 11.4. The van der Waals surface area contributed by atoms with Crippen LogP contribution < -0.4 is 5.32 Å². The Balaban J connectivity index is 2.02. The van der Waals surface area contributed by atoms with Crippen molar-refractivity contribution in [2.45, 2.75) is 18.9 Å². The third-order valence-corrected chi connectivity index (χ3v) is 3.27. The molecular formula is C13H19NO2. The van der Waals surface area contributed by atoms with E-state index >= 15 is 0 Å². The van der Waals surface area contributed by atoms with Crippen LogP contribution in [-0.4, -0.2) is 31.4 Å². The van der Waals surface area contributed by atoms with Gasteiger partial charge in [0.2, 0.25) is 0 Å². The standard InChI is InChI=1S/C13H19NO2/c1-16-13-9-14-6-5-11(13)7-10-3-2-4-12(15)8-10/h2-4,8,11,13-15H,5-7,9H2,1H3. The van der Waals surface area contributed by atoms with Crippen molar-refractivity contribution in [2.75, 3.05) is 20.2 Å². The highest BCUT2D eigenvalue weighted by Crippen LogP contribution is 2.22. The zero-order valence-electron chi connectivity index (χ0n) is 9.65. The topological polar surface area (TPSA) is 41.5 Å². The first-order valence-corrected chi connectivity index (χ1v) is 5.81. The molecule has 1 aromatic rings. The number of phenolic OH excluding ortho intramolecular Hbond substituents is 1. The molecule has 3 nitrogen and oxygen atoms in total. The predicted octanol–water partition coefficient (Wildman–Crippen LogP) is 1.56. The molecule has 1 aliphatic rings. The lowest BCUT2D eigenvalue weighted by Crippen LogP contribution is -2.42. The summed E-state index contributed by atoms with van der Waals surface area (Å²) in [7, 11) is 1.77. The van der Waals surface area contributed by atoms with Gasteiger partial charge in [0, 0.05) is 13.7 Å². The van der Waals surface area contributed by atoms with Crippen molar-refractivity contribution in [1.29, 1.82) is 0 Å². The van der Waals surface area contributed by atoms with Crippen LogP contribution in [0.3, 0.4) is 0 Å². The molecule has 2 rings (SSSR count). The van der Waals surface area contributed by atoms with Gasteiger partial charge < -0.3 is 15.2 Å². The lowest BCUT2D eigenvalue weighted by molar-refractivity contribution is 0.0341.